The molecule has 0 aliphatic rings. The molecule has 2 aromatic carbocycles. The minimum Gasteiger partial charge on any atom is -0.451 e. The van der Waals surface area contributed by atoms with Crippen LogP contribution >= 0.6 is 39.5 Å². The summed E-state index contributed by atoms with van der Waals surface area (Å²) >= 11 is 10.1. The van der Waals surface area contributed by atoms with Crippen molar-refractivity contribution in [3.05, 3.63) is 77.2 Å². The fraction of sp³-hybridized carbons (Fsp3) is 0. The number of nitrogens with zero attached hydrogens (tertiary/aromatic N) is 4. The number of aromatic nitrogens is 4. The van der Waals surface area contributed by atoms with Crippen molar-refractivity contribution in [1.82, 2.24) is 25.1 Å². The van der Waals surface area contributed by atoms with E-state index in [1.54, 1.807) is 23.0 Å². The van der Waals surface area contributed by atoms with Gasteiger partial charge in [0.05, 0.1) is 0 Å². The van der Waals surface area contributed by atoms with Gasteiger partial charge in [-0.15, -0.1) is 10.2 Å². The van der Waals surface area contributed by atoms with Gasteiger partial charge < -0.3 is 9.73 Å². The Balaban J connectivity index is 1.21. The number of carbonyl (C=O) groups is 1. The van der Waals surface area contributed by atoms with Crippen LogP contribution in [0.15, 0.2) is 75.9 Å². The van der Waals surface area contributed by atoms with Crippen molar-refractivity contribution in [3.63, 3.8) is 0 Å². The standard InChI is InChI=1S/C21H13BrN6O2S2/c22-14-5-1-12(2-6-14)16-9-10-17(30-16)18(29)25-20(31)24-15-7-3-13(4-8-15)19-27-28-11-23-26-21(28)32-19/h1-11H,(H2,24,25,29,31). The van der Waals surface area contributed by atoms with Gasteiger partial charge in [-0.3, -0.25) is 10.1 Å². The van der Waals surface area contributed by atoms with E-state index in [0.29, 0.717) is 5.76 Å². The second kappa shape index (κ2) is 8.61. The maximum atomic E-state index is 12.5. The number of hydrogen-bond donors (Lipinski definition) is 2. The Labute approximate surface area is 199 Å². The van der Waals surface area contributed by atoms with Crippen molar-refractivity contribution in [3.8, 4) is 21.9 Å². The minimum atomic E-state index is -0.428. The number of rotatable bonds is 4. The first-order valence-corrected chi connectivity index (χ1v) is 11.3. The van der Waals surface area contributed by atoms with Gasteiger partial charge in [0, 0.05) is 21.3 Å². The summed E-state index contributed by atoms with van der Waals surface area (Å²) in [4.78, 5) is 13.2. The maximum Gasteiger partial charge on any atom is 0.293 e. The van der Waals surface area contributed by atoms with Crippen LogP contribution in [0.3, 0.4) is 0 Å². The van der Waals surface area contributed by atoms with Crippen LogP contribution in [0.25, 0.3) is 26.9 Å². The van der Waals surface area contributed by atoms with Gasteiger partial charge in [0.2, 0.25) is 4.96 Å². The number of halogens is 1. The molecule has 5 rings (SSSR count). The number of hydrogen-bond acceptors (Lipinski definition) is 7. The molecular formula is C21H13BrN6O2S2. The van der Waals surface area contributed by atoms with E-state index in [-0.39, 0.29) is 10.9 Å². The van der Waals surface area contributed by atoms with Gasteiger partial charge in [0.15, 0.2) is 10.9 Å². The topological polar surface area (TPSA) is 97.4 Å². The fourth-order valence-electron chi connectivity index (χ4n) is 2.93. The lowest BCUT2D eigenvalue weighted by atomic mass is 10.2. The molecule has 0 saturated carbocycles. The van der Waals surface area contributed by atoms with E-state index in [9.17, 15) is 4.79 Å². The van der Waals surface area contributed by atoms with E-state index >= 15 is 0 Å². The summed E-state index contributed by atoms with van der Waals surface area (Å²) in [6.45, 7) is 0. The molecule has 2 N–H and O–H groups in total. The van der Waals surface area contributed by atoms with Crippen LogP contribution in [0, 0.1) is 0 Å². The molecule has 0 atom stereocenters. The average molecular weight is 525 g/mol. The molecule has 0 unspecified atom stereocenters. The Morgan fingerprint density at radius 3 is 2.53 bits per heavy atom. The molecule has 0 bridgehead atoms. The van der Waals surface area contributed by atoms with E-state index in [2.05, 4.69) is 41.9 Å². The van der Waals surface area contributed by atoms with Gasteiger partial charge in [-0.1, -0.05) is 39.4 Å². The molecule has 0 spiro atoms. The van der Waals surface area contributed by atoms with Gasteiger partial charge in [0.1, 0.15) is 17.1 Å². The summed E-state index contributed by atoms with van der Waals surface area (Å²) in [6, 6.07) is 18.5. The molecular weight excluding hydrogens is 512 g/mol. The third-order valence-electron chi connectivity index (χ3n) is 4.46. The first-order valence-electron chi connectivity index (χ1n) is 9.30. The third-order valence-corrected chi connectivity index (χ3v) is 6.16. The Kier molecular flexibility index (Phi) is 5.52. The number of amides is 1. The van der Waals surface area contributed by atoms with Crippen LogP contribution in [0.1, 0.15) is 10.6 Å². The second-order valence-corrected chi connectivity index (χ2v) is 8.90. The molecule has 11 heteroatoms. The van der Waals surface area contributed by atoms with E-state index in [4.69, 9.17) is 16.6 Å². The number of anilines is 1. The number of furan rings is 1. The molecule has 0 fully saturated rings. The summed E-state index contributed by atoms with van der Waals surface area (Å²) in [5, 5.41) is 18.8. The quantitative estimate of drug-likeness (QED) is 0.319. The Hall–Kier alpha value is -3.41. The normalized spacial score (nSPS) is 10.9. The number of carbonyl (C=O) groups excluding carboxylic acids is 1. The molecule has 0 saturated heterocycles. The molecule has 0 aliphatic carbocycles. The van der Waals surface area contributed by atoms with Crippen LogP contribution in [0.2, 0.25) is 0 Å². The maximum absolute atomic E-state index is 12.5. The largest absolute Gasteiger partial charge is 0.451 e. The summed E-state index contributed by atoms with van der Waals surface area (Å²) in [7, 11) is 0. The number of fused-ring (bicyclic) bond motifs is 1. The third kappa shape index (κ3) is 4.31. The van der Waals surface area contributed by atoms with Crippen LogP contribution in [0.4, 0.5) is 5.69 Å². The monoisotopic (exact) mass is 524 g/mol. The highest BCUT2D eigenvalue weighted by atomic mass is 79.9. The SMILES string of the molecule is O=C(NC(=S)Nc1ccc(-c2nn3cnnc3s2)cc1)c1ccc(-c2ccc(Br)cc2)o1. The first-order chi connectivity index (χ1) is 15.5. The Morgan fingerprint density at radius 1 is 1.03 bits per heavy atom. The molecule has 0 radical (unpaired) electrons. The zero-order chi connectivity index (χ0) is 22.1. The second-order valence-electron chi connectivity index (χ2n) is 6.62. The average Bonchev–Trinajstić information content (AvgIpc) is 3.51. The lowest BCUT2D eigenvalue weighted by Crippen LogP contribution is -2.33. The highest BCUT2D eigenvalue weighted by molar-refractivity contribution is 9.10. The molecule has 3 aromatic heterocycles. The van der Waals surface area contributed by atoms with E-state index in [0.717, 1.165) is 31.3 Å². The minimum absolute atomic E-state index is 0.170. The number of benzene rings is 2. The highest BCUT2D eigenvalue weighted by Crippen LogP contribution is 2.26. The van der Waals surface area contributed by atoms with Crippen molar-refractivity contribution in [2.24, 2.45) is 0 Å². The van der Waals surface area contributed by atoms with Gasteiger partial charge in [-0.05, 0) is 60.7 Å². The van der Waals surface area contributed by atoms with Crippen LogP contribution in [-0.4, -0.2) is 30.8 Å². The molecule has 3 heterocycles. The van der Waals surface area contributed by atoms with E-state index in [1.807, 2.05) is 48.5 Å². The van der Waals surface area contributed by atoms with Gasteiger partial charge in [-0.25, -0.2) is 0 Å². The molecule has 0 aliphatic heterocycles. The lowest BCUT2D eigenvalue weighted by molar-refractivity contribution is 0.0951. The van der Waals surface area contributed by atoms with Gasteiger partial charge in [-0.2, -0.15) is 9.61 Å². The summed E-state index contributed by atoms with van der Waals surface area (Å²) in [5.41, 5.74) is 2.55. The highest BCUT2D eigenvalue weighted by Gasteiger charge is 2.14. The van der Waals surface area contributed by atoms with Crippen molar-refractivity contribution >= 4 is 61.2 Å². The summed E-state index contributed by atoms with van der Waals surface area (Å²) in [6.07, 6.45) is 1.56. The van der Waals surface area contributed by atoms with Crippen molar-refractivity contribution in [2.45, 2.75) is 0 Å². The van der Waals surface area contributed by atoms with Gasteiger partial charge in [0.25, 0.3) is 5.91 Å². The van der Waals surface area contributed by atoms with Crippen molar-refractivity contribution in [1.29, 1.82) is 0 Å². The van der Waals surface area contributed by atoms with Crippen molar-refractivity contribution in [2.75, 3.05) is 5.32 Å². The molecule has 32 heavy (non-hydrogen) atoms. The zero-order valence-corrected chi connectivity index (χ0v) is 19.4. The first kappa shape index (κ1) is 20.5. The van der Waals surface area contributed by atoms with E-state index < -0.39 is 5.91 Å². The van der Waals surface area contributed by atoms with Crippen LogP contribution in [-0.2, 0) is 0 Å². The lowest BCUT2D eigenvalue weighted by Gasteiger charge is -2.09. The smallest absolute Gasteiger partial charge is 0.293 e. The molecule has 158 valence electrons. The zero-order valence-electron chi connectivity index (χ0n) is 16.2. The number of thiocarbonyl (C=S) groups is 1. The fourth-order valence-corrected chi connectivity index (χ4v) is 4.23. The molecule has 5 aromatic rings. The Bertz CT molecular complexity index is 1390. The summed E-state index contributed by atoms with van der Waals surface area (Å²) in [5.74, 6) is 0.343. The predicted molar refractivity (Wildman–Crippen MR) is 130 cm³/mol. The predicted octanol–water partition coefficient (Wildman–Crippen LogP) is 5.00. The van der Waals surface area contributed by atoms with Gasteiger partial charge >= 0.3 is 0 Å². The van der Waals surface area contributed by atoms with Crippen LogP contribution < -0.4 is 10.6 Å². The summed E-state index contributed by atoms with van der Waals surface area (Å²) < 4.78 is 8.27. The molecule has 1 amide bonds. The van der Waals surface area contributed by atoms with E-state index in [1.165, 1.54) is 11.3 Å². The van der Waals surface area contributed by atoms with Crippen LogP contribution in [0.5, 0.6) is 0 Å². The van der Waals surface area contributed by atoms with Crippen molar-refractivity contribution < 1.29 is 9.21 Å². The number of nitrogens with one attached hydrogen (secondary N) is 2. The Morgan fingerprint density at radius 2 is 1.78 bits per heavy atom. The molecule has 8 nitrogen and oxygen atoms in total.